The summed E-state index contributed by atoms with van der Waals surface area (Å²) >= 11 is 0. The maximum absolute atomic E-state index is 12.7. The zero-order valence-corrected chi connectivity index (χ0v) is 16.4. The summed E-state index contributed by atoms with van der Waals surface area (Å²) in [6.45, 7) is 8.27. The highest BCUT2D eigenvalue weighted by Gasteiger charge is 2.19. The number of nitrogens with one attached hydrogen (secondary N) is 2. The molecule has 2 rings (SSSR count). The molecule has 0 fully saturated rings. The van der Waals surface area contributed by atoms with Gasteiger partial charge in [-0.1, -0.05) is 51.1 Å². The van der Waals surface area contributed by atoms with Crippen LogP contribution in [-0.4, -0.2) is 19.1 Å². The molecule has 2 N–H and O–H groups in total. The number of rotatable bonds is 8. The molecule has 4 nitrogen and oxygen atoms in total. The largest absolute Gasteiger partial charge is 0.497 e. The molecule has 2 aromatic carbocycles. The number of methoxy groups -OCH3 is 1. The minimum Gasteiger partial charge on any atom is -0.497 e. The second-order valence-electron chi connectivity index (χ2n) is 6.85. The van der Waals surface area contributed by atoms with E-state index in [2.05, 4.69) is 37.5 Å². The SMILES string of the molecule is CCC(NC(C)C(=O)Nc1ccccc1C(C)C)c1ccc(OC)cc1. The van der Waals surface area contributed by atoms with Crippen LogP contribution in [0.4, 0.5) is 5.69 Å². The van der Waals surface area contributed by atoms with Gasteiger partial charge in [0.2, 0.25) is 5.91 Å². The van der Waals surface area contributed by atoms with Crippen molar-refractivity contribution in [1.29, 1.82) is 0 Å². The third-order valence-corrected chi connectivity index (χ3v) is 4.61. The Hall–Kier alpha value is -2.33. The number of benzene rings is 2. The Balaban J connectivity index is 2.05. The molecule has 140 valence electrons. The van der Waals surface area contributed by atoms with E-state index in [1.165, 1.54) is 0 Å². The molecule has 2 atom stereocenters. The van der Waals surface area contributed by atoms with Crippen molar-refractivity contribution in [1.82, 2.24) is 5.32 Å². The molecule has 26 heavy (non-hydrogen) atoms. The van der Waals surface area contributed by atoms with Gasteiger partial charge in [-0.2, -0.15) is 0 Å². The van der Waals surface area contributed by atoms with Crippen molar-refractivity contribution in [2.24, 2.45) is 0 Å². The second-order valence-corrected chi connectivity index (χ2v) is 6.85. The highest BCUT2D eigenvalue weighted by molar-refractivity contribution is 5.95. The summed E-state index contributed by atoms with van der Waals surface area (Å²) in [5.41, 5.74) is 3.18. The number of hydrogen-bond acceptors (Lipinski definition) is 3. The van der Waals surface area contributed by atoms with E-state index in [-0.39, 0.29) is 18.0 Å². The van der Waals surface area contributed by atoms with Crippen LogP contribution in [0.1, 0.15) is 57.2 Å². The van der Waals surface area contributed by atoms with Crippen LogP contribution < -0.4 is 15.4 Å². The summed E-state index contributed by atoms with van der Waals surface area (Å²) in [6.07, 6.45) is 0.895. The van der Waals surface area contributed by atoms with Crippen LogP contribution in [0.5, 0.6) is 5.75 Å². The Labute approximate surface area is 157 Å². The number of carbonyl (C=O) groups excluding carboxylic acids is 1. The van der Waals surface area contributed by atoms with Gasteiger partial charge in [0.25, 0.3) is 0 Å². The Bertz CT molecular complexity index is 710. The van der Waals surface area contributed by atoms with Crippen LogP contribution in [0.15, 0.2) is 48.5 Å². The van der Waals surface area contributed by atoms with Crippen molar-refractivity contribution in [3.05, 3.63) is 59.7 Å². The smallest absolute Gasteiger partial charge is 0.241 e. The van der Waals surface area contributed by atoms with Crippen LogP contribution >= 0.6 is 0 Å². The molecule has 1 amide bonds. The van der Waals surface area contributed by atoms with Gasteiger partial charge in [0, 0.05) is 11.7 Å². The van der Waals surface area contributed by atoms with Gasteiger partial charge in [-0.3, -0.25) is 10.1 Å². The zero-order chi connectivity index (χ0) is 19.1. The fourth-order valence-electron chi connectivity index (χ4n) is 3.02. The normalized spacial score (nSPS) is 13.3. The van der Waals surface area contributed by atoms with Crippen LogP contribution in [0.2, 0.25) is 0 Å². The summed E-state index contributed by atoms with van der Waals surface area (Å²) in [5.74, 6) is 1.17. The topological polar surface area (TPSA) is 50.4 Å². The molecule has 0 aliphatic carbocycles. The molecule has 0 bridgehead atoms. The van der Waals surface area contributed by atoms with Crippen molar-refractivity contribution in [3.8, 4) is 5.75 Å². The van der Waals surface area contributed by atoms with E-state index in [1.807, 2.05) is 49.4 Å². The van der Waals surface area contributed by atoms with Crippen LogP contribution in [0, 0.1) is 0 Å². The molecule has 0 aliphatic rings. The summed E-state index contributed by atoms with van der Waals surface area (Å²) in [7, 11) is 1.66. The lowest BCUT2D eigenvalue weighted by Crippen LogP contribution is -2.40. The summed E-state index contributed by atoms with van der Waals surface area (Å²) in [4.78, 5) is 12.7. The van der Waals surface area contributed by atoms with Crippen LogP contribution in [0.3, 0.4) is 0 Å². The Kier molecular flexibility index (Phi) is 7.22. The van der Waals surface area contributed by atoms with Gasteiger partial charge in [0.05, 0.1) is 13.2 Å². The van der Waals surface area contributed by atoms with Gasteiger partial charge >= 0.3 is 0 Å². The monoisotopic (exact) mass is 354 g/mol. The second kappa shape index (κ2) is 9.39. The molecule has 0 heterocycles. The molecule has 4 heteroatoms. The standard InChI is InChI=1S/C22H30N2O2/c1-6-20(17-11-13-18(26-5)14-12-17)23-16(4)22(25)24-21-10-8-7-9-19(21)15(2)3/h7-16,20,23H,6H2,1-5H3,(H,24,25). The summed E-state index contributed by atoms with van der Waals surface area (Å²) < 4.78 is 5.21. The number of amides is 1. The Morgan fingerprint density at radius 1 is 1.04 bits per heavy atom. The highest BCUT2D eigenvalue weighted by atomic mass is 16.5. The third kappa shape index (κ3) is 5.09. The zero-order valence-electron chi connectivity index (χ0n) is 16.4. The van der Waals surface area contributed by atoms with E-state index in [0.29, 0.717) is 5.92 Å². The van der Waals surface area contributed by atoms with Crippen molar-refractivity contribution < 1.29 is 9.53 Å². The van der Waals surface area contributed by atoms with Gasteiger partial charge in [-0.25, -0.2) is 0 Å². The van der Waals surface area contributed by atoms with E-state index in [1.54, 1.807) is 7.11 Å². The molecule has 2 unspecified atom stereocenters. The molecule has 2 aromatic rings. The first-order chi connectivity index (χ1) is 12.5. The maximum Gasteiger partial charge on any atom is 0.241 e. The third-order valence-electron chi connectivity index (χ3n) is 4.61. The van der Waals surface area contributed by atoms with E-state index in [4.69, 9.17) is 4.74 Å². The average Bonchev–Trinajstić information content (AvgIpc) is 2.66. The van der Waals surface area contributed by atoms with Gasteiger partial charge in [0.1, 0.15) is 5.75 Å². The van der Waals surface area contributed by atoms with Gasteiger partial charge in [-0.15, -0.1) is 0 Å². The number of ether oxygens (including phenoxy) is 1. The minimum atomic E-state index is -0.303. The number of carbonyl (C=O) groups is 1. The first kappa shape index (κ1) is 20.0. The predicted octanol–water partition coefficient (Wildman–Crippen LogP) is 4.89. The van der Waals surface area contributed by atoms with Crippen molar-refractivity contribution in [2.45, 2.75) is 52.1 Å². The van der Waals surface area contributed by atoms with E-state index >= 15 is 0 Å². The fourth-order valence-corrected chi connectivity index (χ4v) is 3.02. The fraction of sp³-hybridized carbons (Fsp3) is 0.409. The maximum atomic E-state index is 12.7. The molecule has 0 spiro atoms. The molecule has 0 saturated heterocycles. The van der Waals surface area contributed by atoms with Crippen molar-refractivity contribution in [2.75, 3.05) is 12.4 Å². The lowest BCUT2D eigenvalue weighted by atomic mass is 10.0. The van der Waals surface area contributed by atoms with Crippen LogP contribution in [0.25, 0.3) is 0 Å². The number of hydrogen-bond donors (Lipinski definition) is 2. The molecule has 0 aromatic heterocycles. The molecule has 0 saturated carbocycles. The first-order valence-corrected chi connectivity index (χ1v) is 9.26. The summed E-state index contributed by atoms with van der Waals surface area (Å²) in [5, 5.41) is 6.51. The molecular formula is C22H30N2O2. The first-order valence-electron chi connectivity index (χ1n) is 9.26. The Morgan fingerprint density at radius 3 is 2.27 bits per heavy atom. The lowest BCUT2D eigenvalue weighted by molar-refractivity contribution is -0.118. The van der Waals surface area contributed by atoms with Gasteiger partial charge in [-0.05, 0) is 48.6 Å². The average molecular weight is 354 g/mol. The highest BCUT2D eigenvalue weighted by Crippen LogP contribution is 2.24. The van der Waals surface area contributed by atoms with E-state index in [0.717, 1.165) is 29.0 Å². The van der Waals surface area contributed by atoms with E-state index < -0.39 is 0 Å². The molecule has 0 aliphatic heterocycles. The quantitative estimate of drug-likeness (QED) is 0.710. The van der Waals surface area contributed by atoms with Gasteiger partial charge < -0.3 is 10.1 Å². The predicted molar refractivity (Wildman–Crippen MR) is 108 cm³/mol. The molecular weight excluding hydrogens is 324 g/mol. The van der Waals surface area contributed by atoms with Crippen LogP contribution in [-0.2, 0) is 4.79 Å². The van der Waals surface area contributed by atoms with Crippen molar-refractivity contribution >= 4 is 11.6 Å². The lowest BCUT2D eigenvalue weighted by Gasteiger charge is -2.23. The van der Waals surface area contributed by atoms with Gasteiger partial charge in [0.15, 0.2) is 0 Å². The van der Waals surface area contributed by atoms with E-state index in [9.17, 15) is 4.79 Å². The molecule has 0 radical (unpaired) electrons. The number of anilines is 1. The Morgan fingerprint density at radius 2 is 1.69 bits per heavy atom. The minimum absolute atomic E-state index is 0.0231. The summed E-state index contributed by atoms with van der Waals surface area (Å²) in [6, 6.07) is 15.8. The van der Waals surface area contributed by atoms with Crippen molar-refractivity contribution in [3.63, 3.8) is 0 Å². The number of para-hydroxylation sites is 1.